The molecule has 1 aliphatic rings. The van der Waals surface area contributed by atoms with Gasteiger partial charge >= 0.3 is 6.01 Å². The SMILES string of the molecule is CN1c2nc(Oc3ccccc3Cl)n(Cc3ccc(Cl)cc3)c2C(=O)N(CCCO)C1O. The number of halogens is 2. The molecule has 0 saturated heterocycles. The van der Waals surface area contributed by atoms with Crippen molar-refractivity contribution in [2.24, 2.45) is 0 Å². The molecule has 1 aromatic heterocycles. The third-order valence-electron chi connectivity index (χ3n) is 5.19. The highest BCUT2D eigenvalue weighted by Gasteiger charge is 2.40. The number of fused-ring (bicyclic) bond motifs is 1. The van der Waals surface area contributed by atoms with E-state index in [1.165, 1.54) is 9.80 Å². The van der Waals surface area contributed by atoms with Gasteiger partial charge < -0.3 is 19.8 Å². The summed E-state index contributed by atoms with van der Waals surface area (Å²) in [7, 11) is 1.64. The Hall–Kier alpha value is -2.78. The Balaban J connectivity index is 1.81. The molecule has 4 rings (SSSR count). The highest BCUT2D eigenvalue weighted by molar-refractivity contribution is 6.32. The number of anilines is 1. The minimum absolute atomic E-state index is 0.0992. The summed E-state index contributed by atoms with van der Waals surface area (Å²) in [6.45, 7) is 0.369. The number of nitrogens with zero attached hydrogens (tertiary/aromatic N) is 4. The normalized spacial score (nSPS) is 15.8. The average Bonchev–Trinajstić information content (AvgIpc) is 3.13. The van der Waals surface area contributed by atoms with Crippen LogP contribution in [0.15, 0.2) is 48.5 Å². The number of hydrogen-bond donors (Lipinski definition) is 2. The Morgan fingerprint density at radius 3 is 2.53 bits per heavy atom. The minimum Gasteiger partial charge on any atom is -0.424 e. The summed E-state index contributed by atoms with van der Waals surface area (Å²) in [6.07, 6.45) is -0.881. The Kier molecular flexibility index (Phi) is 6.57. The molecular weight excluding hydrogens is 455 g/mol. The third kappa shape index (κ3) is 4.27. The first-order valence-corrected chi connectivity index (χ1v) is 10.8. The minimum atomic E-state index is -1.21. The molecule has 1 atom stereocenters. The van der Waals surface area contributed by atoms with Crippen molar-refractivity contribution in [1.29, 1.82) is 0 Å². The van der Waals surface area contributed by atoms with Gasteiger partial charge in [0.1, 0.15) is 5.75 Å². The Morgan fingerprint density at radius 1 is 1.12 bits per heavy atom. The van der Waals surface area contributed by atoms with E-state index in [-0.39, 0.29) is 31.4 Å². The van der Waals surface area contributed by atoms with Gasteiger partial charge in [-0.15, -0.1) is 0 Å². The molecule has 32 heavy (non-hydrogen) atoms. The zero-order valence-corrected chi connectivity index (χ0v) is 18.8. The van der Waals surface area contributed by atoms with Crippen molar-refractivity contribution in [3.05, 3.63) is 69.8 Å². The van der Waals surface area contributed by atoms with Crippen LogP contribution in [0.4, 0.5) is 5.82 Å². The number of para-hydroxylation sites is 1. The van der Waals surface area contributed by atoms with Crippen LogP contribution in [-0.2, 0) is 6.54 Å². The van der Waals surface area contributed by atoms with Crippen LogP contribution in [0.3, 0.4) is 0 Å². The molecule has 168 valence electrons. The van der Waals surface area contributed by atoms with Gasteiger partial charge in [-0.1, -0.05) is 47.5 Å². The number of hydrogen-bond acceptors (Lipinski definition) is 6. The van der Waals surface area contributed by atoms with Gasteiger partial charge in [-0.2, -0.15) is 4.98 Å². The Bertz CT molecular complexity index is 1120. The lowest BCUT2D eigenvalue weighted by molar-refractivity contribution is 0.00112. The lowest BCUT2D eigenvalue weighted by Gasteiger charge is -2.38. The van der Waals surface area contributed by atoms with E-state index in [2.05, 4.69) is 4.98 Å². The fraction of sp³-hybridized carbons (Fsp3) is 0.273. The molecule has 0 radical (unpaired) electrons. The highest BCUT2D eigenvalue weighted by atomic mass is 35.5. The zero-order chi connectivity index (χ0) is 22.8. The van der Waals surface area contributed by atoms with E-state index in [1.54, 1.807) is 48.0 Å². The molecule has 3 aromatic rings. The standard InChI is InChI=1S/C22H22Cl2N4O4/c1-26-19-18(20(30)27(22(26)31)11-4-12-29)28(13-14-7-9-15(23)10-8-14)21(25-19)32-17-6-3-2-5-16(17)24/h2-3,5-10,22,29,31H,4,11-13H2,1H3. The molecule has 1 unspecified atom stereocenters. The van der Waals surface area contributed by atoms with E-state index >= 15 is 0 Å². The molecule has 2 aromatic carbocycles. The Morgan fingerprint density at radius 2 is 1.84 bits per heavy atom. The third-order valence-corrected chi connectivity index (χ3v) is 5.75. The number of carbonyl (C=O) groups is 1. The van der Waals surface area contributed by atoms with E-state index in [0.29, 0.717) is 28.0 Å². The Labute approximate surface area is 195 Å². The number of aliphatic hydroxyl groups is 2. The molecule has 0 bridgehead atoms. The lowest BCUT2D eigenvalue weighted by atomic mass is 10.2. The van der Waals surface area contributed by atoms with Gasteiger partial charge in [0.25, 0.3) is 5.91 Å². The van der Waals surface area contributed by atoms with Crippen LogP contribution in [-0.4, -0.2) is 57.1 Å². The van der Waals surface area contributed by atoms with Crippen LogP contribution in [0.1, 0.15) is 22.5 Å². The molecule has 2 heterocycles. The summed E-state index contributed by atoms with van der Waals surface area (Å²) < 4.78 is 7.66. The number of ether oxygens (including phenoxy) is 1. The number of imidazole rings is 1. The quantitative estimate of drug-likeness (QED) is 0.541. The second kappa shape index (κ2) is 9.38. The molecule has 2 N–H and O–H groups in total. The van der Waals surface area contributed by atoms with E-state index in [1.807, 2.05) is 12.1 Å². The predicted octanol–water partition coefficient (Wildman–Crippen LogP) is 3.58. The van der Waals surface area contributed by atoms with Crippen molar-refractivity contribution >= 4 is 34.9 Å². The summed E-state index contributed by atoms with van der Waals surface area (Å²) in [5, 5.41) is 20.9. The second-order valence-corrected chi connectivity index (χ2v) is 8.19. The fourth-order valence-corrected chi connectivity index (χ4v) is 3.82. The van der Waals surface area contributed by atoms with Gasteiger partial charge in [0.05, 0.1) is 11.6 Å². The molecule has 0 spiro atoms. The smallest absolute Gasteiger partial charge is 0.304 e. The van der Waals surface area contributed by atoms with Crippen LogP contribution in [0.5, 0.6) is 11.8 Å². The number of carbonyl (C=O) groups excluding carboxylic acids is 1. The number of aromatic nitrogens is 2. The van der Waals surface area contributed by atoms with Crippen LogP contribution in [0, 0.1) is 0 Å². The summed E-state index contributed by atoms with van der Waals surface area (Å²) in [6, 6.07) is 14.4. The molecule has 0 saturated carbocycles. The van der Waals surface area contributed by atoms with E-state index in [4.69, 9.17) is 27.9 Å². The number of rotatable bonds is 7. The van der Waals surface area contributed by atoms with E-state index in [9.17, 15) is 15.0 Å². The van der Waals surface area contributed by atoms with Crippen molar-refractivity contribution in [3.8, 4) is 11.8 Å². The first-order chi connectivity index (χ1) is 15.4. The maximum absolute atomic E-state index is 13.4. The summed E-state index contributed by atoms with van der Waals surface area (Å²) in [5.74, 6) is 0.273. The van der Waals surface area contributed by atoms with Crippen molar-refractivity contribution in [3.63, 3.8) is 0 Å². The number of aliphatic hydroxyl groups excluding tert-OH is 2. The second-order valence-electron chi connectivity index (χ2n) is 7.34. The molecule has 8 nitrogen and oxygen atoms in total. The van der Waals surface area contributed by atoms with Crippen molar-refractivity contribution in [2.75, 3.05) is 25.1 Å². The fourth-order valence-electron chi connectivity index (χ4n) is 3.52. The van der Waals surface area contributed by atoms with Crippen LogP contribution in [0.2, 0.25) is 10.0 Å². The lowest BCUT2D eigenvalue weighted by Crippen LogP contribution is -2.54. The summed E-state index contributed by atoms with van der Waals surface area (Å²) in [4.78, 5) is 20.7. The maximum atomic E-state index is 13.4. The largest absolute Gasteiger partial charge is 0.424 e. The topological polar surface area (TPSA) is 91.1 Å². The molecule has 1 aliphatic heterocycles. The van der Waals surface area contributed by atoms with Crippen molar-refractivity contribution in [2.45, 2.75) is 19.3 Å². The highest BCUT2D eigenvalue weighted by Crippen LogP contribution is 2.36. The van der Waals surface area contributed by atoms with Gasteiger partial charge in [-0.25, -0.2) is 0 Å². The van der Waals surface area contributed by atoms with Crippen LogP contribution in [0.25, 0.3) is 0 Å². The van der Waals surface area contributed by atoms with E-state index < -0.39 is 12.3 Å². The number of benzene rings is 2. The molecular formula is C22H22Cl2N4O4. The first-order valence-electron chi connectivity index (χ1n) is 10.0. The maximum Gasteiger partial charge on any atom is 0.304 e. The molecule has 0 aliphatic carbocycles. The van der Waals surface area contributed by atoms with Gasteiger partial charge in [0.15, 0.2) is 11.5 Å². The zero-order valence-electron chi connectivity index (χ0n) is 17.3. The van der Waals surface area contributed by atoms with Crippen LogP contribution >= 0.6 is 23.2 Å². The van der Waals surface area contributed by atoms with Crippen molar-refractivity contribution < 1.29 is 19.7 Å². The van der Waals surface area contributed by atoms with Crippen molar-refractivity contribution in [1.82, 2.24) is 14.5 Å². The average molecular weight is 477 g/mol. The van der Waals surface area contributed by atoms with Gasteiger partial charge in [-0.3, -0.25) is 14.3 Å². The number of amides is 1. The predicted molar refractivity (Wildman–Crippen MR) is 121 cm³/mol. The van der Waals surface area contributed by atoms with Gasteiger partial charge in [-0.05, 0) is 36.2 Å². The van der Waals surface area contributed by atoms with Gasteiger partial charge in [0, 0.05) is 25.2 Å². The molecule has 10 heteroatoms. The molecule has 1 amide bonds. The van der Waals surface area contributed by atoms with Gasteiger partial charge in [0.2, 0.25) is 6.35 Å². The monoisotopic (exact) mass is 476 g/mol. The summed E-state index contributed by atoms with van der Waals surface area (Å²) >= 11 is 12.3. The van der Waals surface area contributed by atoms with Crippen LogP contribution < -0.4 is 9.64 Å². The molecule has 0 fully saturated rings. The summed E-state index contributed by atoms with van der Waals surface area (Å²) in [5.41, 5.74) is 1.15. The first kappa shape index (κ1) is 22.4. The van der Waals surface area contributed by atoms with E-state index in [0.717, 1.165) is 5.56 Å².